The topological polar surface area (TPSA) is 30.5 Å². The Labute approximate surface area is 128 Å². The molecule has 0 aliphatic heterocycles. The van der Waals surface area contributed by atoms with Crippen molar-refractivity contribution >= 4 is 17.3 Å². The van der Waals surface area contributed by atoms with Gasteiger partial charge in [0, 0.05) is 11.6 Å². The van der Waals surface area contributed by atoms with E-state index in [1.807, 2.05) is 25.1 Å². The third-order valence-electron chi connectivity index (χ3n) is 2.94. The van der Waals surface area contributed by atoms with Gasteiger partial charge in [-0.1, -0.05) is 17.7 Å². The molecule has 0 spiro atoms. The fourth-order valence-electron chi connectivity index (χ4n) is 1.93. The second kappa shape index (κ2) is 7.18. The normalized spacial score (nSPS) is 10.3. The molecule has 0 fully saturated rings. The molecule has 1 N–H and O–H groups in total. The molecule has 21 heavy (non-hydrogen) atoms. The Kier molecular flexibility index (Phi) is 5.28. The quantitative estimate of drug-likeness (QED) is 0.852. The van der Waals surface area contributed by atoms with Crippen LogP contribution in [0.15, 0.2) is 36.4 Å². The number of ether oxygens (including phenoxy) is 2. The zero-order chi connectivity index (χ0) is 15.2. The number of hydrogen-bond acceptors (Lipinski definition) is 3. The maximum absolute atomic E-state index is 13.6. The first-order valence-corrected chi connectivity index (χ1v) is 7.00. The summed E-state index contributed by atoms with van der Waals surface area (Å²) in [4.78, 5) is 0. The Bertz CT molecular complexity index is 619. The molecule has 0 aliphatic carbocycles. The molecular weight excluding hydrogens is 293 g/mol. The first-order valence-electron chi connectivity index (χ1n) is 6.62. The molecule has 5 heteroatoms. The monoisotopic (exact) mass is 309 g/mol. The summed E-state index contributed by atoms with van der Waals surface area (Å²) in [6, 6.07) is 10.0. The third-order valence-corrected chi connectivity index (χ3v) is 3.17. The van der Waals surface area contributed by atoms with Crippen molar-refractivity contribution in [2.24, 2.45) is 0 Å². The minimum Gasteiger partial charge on any atom is -0.493 e. The van der Waals surface area contributed by atoms with Crippen LogP contribution in [0.1, 0.15) is 12.5 Å². The fourth-order valence-corrected chi connectivity index (χ4v) is 2.10. The number of hydrogen-bond donors (Lipinski definition) is 1. The van der Waals surface area contributed by atoms with E-state index in [1.54, 1.807) is 13.2 Å². The van der Waals surface area contributed by atoms with Gasteiger partial charge in [-0.3, -0.25) is 0 Å². The fraction of sp³-hybridized carbons (Fsp3) is 0.250. The number of halogens is 2. The van der Waals surface area contributed by atoms with E-state index in [0.29, 0.717) is 35.4 Å². The summed E-state index contributed by atoms with van der Waals surface area (Å²) in [5.41, 5.74) is 1.32. The van der Waals surface area contributed by atoms with Crippen molar-refractivity contribution < 1.29 is 13.9 Å². The van der Waals surface area contributed by atoms with E-state index in [4.69, 9.17) is 21.1 Å². The molecule has 0 aliphatic rings. The van der Waals surface area contributed by atoms with Crippen LogP contribution in [-0.4, -0.2) is 13.7 Å². The average Bonchev–Trinajstić information content (AvgIpc) is 2.49. The van der Waals surface area contributed by atoms with Crippen LogP contribution in [0.5, 0.6) is 11.5 Å². The van der Waals surface area contributed by atoms with E-state index >= 15 is 0 Å². The Morgan fingerprint density at radius 2 is 1.95 bits per heavy atom. The number of anilines is 1. The van der Waals surface area contributed by atoms with Crippen LogP contribution in [0.3, 0.4) is 0 Å². The van der Waals surface area contributed by atoms with Gasteiger partial charge in [0.1, 0.15) is 5.82 Å². The molecule has 2 aromatic rings. The van der Waals surface area contributed by atoms with Gasteiger partial charge in [0.25, 0.3) is 0 Å². The molecule has 0 bridgehead atoms. The van der Waals surface area contributed by atoms with Gasteiger partial charge < -0.3 is 14.8 Å². The summed E-state index contributed by atoms with van der Waals surface area (Å²) < 4.78 is 24.4. The lowest BCUT2D eigenvalue weighted by Gasteiger charge is -2.12. The minimum absolute atomic E-state index is 0.336. The van der Waals surface area contributed by atoms with Gasteiger partial charge in [0.05, 0.1) is 19.4 Å². The van der Waals surface area contributed by atoms with Gasteiger partial charge in [-0.25, -0.2) is 4.39 Å². The lowest BCUT2D eigenvalue weighted by molar-refractivity contribution is 0.310. The molecule has 112 valence electrons. The van der Waals surface area contributed by atoms with Crippen LogP contribution in [0, 0.1) is 5.82 Å². The van der Waals surface area contributed by atoms with E-state index in [-0.39, 0.29) is 5.82 Å². The van der Waals surface area contributed by atoms with Crippen LogP contribution in [0.25, 0.3) is 0 Å². The summed E-state index contributed by atoms with van der Waals surface area (Å²) in [7, 11) is 1.59. The van der Waals surface area contributed by atoms with Gasteiger partial charge in [0.15, 0.2) is 11.5 Å². The van der Waals surface area contributed by atoms with Crippen molar-refractivity contribution in [2.75, 3.05) is 19.0 Å². The molecule has 2 aromatic carbocycles. The third kappa shape index (κ3) is 4.02. The van der Waals surface area contributed by atoms with E-state index in [2.05, 4.69) is 5.32 Å². The summed E-state index contributed by atoms with van der Waals surface area (Å²) in [6.07, 6.45) is 0. The average molecular weight is 310 g/mol. The number of methoxy groups -OCH3 is 1. The predicted molar refractivity (Wildman–Crippen MR) is 82.9 cm³/mol. The molecule has 0 saturated heterocycles. The first-order chi connectivity index (χ1) is 10.1. The van der Waals surface area contributed by atoms with Crippen LogP contribution >= 0.6 is 11.6 Å². The standard InChI is InChI=1S/C16H17ClFNO2/c1-3-21-15-7-4-11(8-16(15)20-2)10-19-14-9-12(17)5-6-13(14)18/h4-9,19H,3,10H2,1-2H3. The highest BCUT2D eigenvalue weighted by Crippen LogP contribution is 2.28. The molecule has 0 aromatic heterocycles. The van der Waals surface area contributed by atoms with E-state index < -0.39 is 0 Å². The van der Waals surface area contributed by atoms with Crippen LogP contribution in [-0.2, 0) is 6.54 Å². The number of nitrogens with one attached hydrogen (secondary N) is 1. The summed E-state index contributed by atoms with van der Waals surface area (Å²) in [6.45, 7) is 2.94. The predicted octanol–water partition coefficient (Wildman–Crippen LogP) is 4.50. The van der Waals surface area contributed by atoms with Crippen LogP contribution in [0.4, 0.5) is 10.1 Å². The molecule has 0 heterocycles. The van der Waals surface area contributed by atoms with Crippen molar-refractivity contribution in [3.05, 3.63) is 52.8 Å². The maximum Gasteiger partial charge on any atom is 0.161 e. The Morgan fingerprint density at radius 3 is 2.67 bits per heavy atom. The Balaban J connectivity index is 2.11. The highest BCUT2D eigenvalue weighted by atomic mass is 35.5. The van der Waals surface area contributed by atoms with Crippen molar-refractivity contribution in [1.29, 1.82) is 0 Å². The first kappa shape index (κ1) is 15.4. The van der Waals surface area contributed by atoms with Crippen LogP contribution in [0.2, 0.25) is 5.02 Å². The van der Waals surface area contributed by atoms with Gasteiger partial charge in [0.2, 0.25) is 0 Å². The largest absolute Gasteiger partial charge is 0.493 e. The van der Waals surface area contributed by atoms with E-state index in [1.165, 1.54) is 12.1 Å². The SMILES string of the molecule is CCOc1ccc(CNc2cc(Cl)ccc2F)cc1OC. The lowest BCUT2D eigenvalue weighted by atomic mass is 10.2. The highest BCUT2D eigenvalue weighted by Gasteiger charge is 2.07. The maximum atomic E-state index is 13.6. The lowest BCUT2D eigenvalue weighted by Crippen LogP contribution is -2.02. The summed E-state index contributed by atoms with van der Waals surface area (Å²) in [5.74, 6) is 1.01. The van der Waals surface area contributed by atoms with Crippen molar-refractivity contribution in [1.82, 2.24) is 0 Å². The molecule has 3 nitrogen and oxygen atoms in total. The molecule has 0 amide bonds. The molecular formula is C16H17ClFNO2. The second-order valence-electron chi connectivity index (χ2n) is 4.40. The highest BCUT2D eigenvalue weighted by molar-refractivity contribution is 6.30. The Morgan fingerprint density at radius 1 is 1.14 bits per heavy atom. The zero-order valence-electron chi connectivity index (χ0n) is 12.0. The Hall–Kier alpha value is -1.94. The second-order valence-corrected chi connectivity index (χ2v) is 4.83. The number of benzene rings is 2. The van der Waals surface area contributed by atoms with Crippen LogP contribution < -0.4 is 14.8 Å². The van der Waals surface area contributed by atoms with Gasteiger partial charge in [-0.05, 0) is 42.8 Å². The minimum atomic E-state index is -0.336. The van der Waals surface area contributed by atoms with Gasteiger partial charge >= 0.3 is 0 Å². The van der Waals surface area contributed by atoms with Crippen molar-refractivity contribution in [3.63, 3.8) is 0 Å². The summed E-state index contributed by atoms with van der Waals surface area (Å²) >= 11 is 5.86. The van der Waals surface area contributed by atoms with E-state index in [0.717, 1.165) is 5.56 Å². The van der Waals surface area contributed by atoms with E-state index in [9.17, 15) is 4.39 Å². The molecule has 0 saturated carbocycles. The number of rotatable bonds is 6. The molecule has 0 atom stereocenters. The van der Waals surface area contributed by atoms with Crippen molar-refractivity contribution in [3.8, 4) is 11.5 Å². The smallest absolute Gasteiger partial charge is 0.161 e. The molecule has 0 radical (unpaired) electrons. The zero-order valence-corrected chi connectivity index (χ0v) is 12.7. The van der Waals surface area contributed by atoms with Gasteiger partial charge in [-0.2, -0.15) is 0 Å². The molecule has 0 unspecified atom stereocenters. The molecule has 2 rings (SSSR count). The van der Waals surface area contributed by atoms with Crippen molar-refractivity contribution in [2.45, 2.75) is 13.5 Å². The van der Waals surface area contributed by atoms with Gasteiger partial charge in [-0.15, -0.1) is 0 Å². The summed E-state index contributed by atoms with van der Waals surface area (Å²) in [5, 5.41) is 3.51.